The van der Waals surface area contributed by atoms with Gasteiger partial charge in [-0.05, 0) is 54.8 Å². The highest BCUT2D eigenvalue weighted by Crippen LogP contribution is 2.25. The van der Waals surface area contributed by atoms with E-state index in [4.69, 9.17) is 18.6 Å². The lowest BCUT2D eigenvalue weighted by molar-refractivity contribution is -0.133. The Hall–Kier alpha value is -4.70. The Balaban J connectivity index is 1.46. The number of fused-ring (bicyclic) bond motifs is 1. The lowest BCUT2D eigenvalue weighted by Crippen LogP contribution is -2.45. The van der Waals surface area contributed by atoms with Crippen LogP contribution in [0.25, 0.3) is 11.0 Å². The van der Waals surface area contributed by atoms with Crippen LogP contribution in [-0.4, -0.2) is 61.6 Å². The van der Waals surface area contributed by atoms with E-state index in [2.05, 4.69) is 0 Å². The monoisotopic (exact) mass is 588 g/mol. The number of halogens is 1. The molecule has 1 unspecified atom stereocenters. The fourth-order valence-electron chi connectivity index (χ4n) is 5.11. The van der Waals surface area contributed by atoms with Crippen LogP contribution in [-0.2, 0) is 22.6 Å². The summed E-state index contributed by atoms with van der Waals surface area (Å²) >= 11 is 0. The van der Waals surface area contributed by atoms with Gasteiger partial charge in [-0.1, -0.05) is 24.3 Å². The first-order valence-corrected chi connectivity index (χ1v) is 14.0. The molecular weight excluding hydrogens is 555 g/mol. The van der Waals surface area contributed by atoms with Crippen molar-refractivity contribution in [3.63, 3.8) is 0 Å². The quantitative estimate of drug-likeness (QED) is 0.248. The fraction of sp³-hybridized carbons (Fsp3) is 0.303. The standard InChI is InChI=1S/C33H33FN2O7/c1-40-27-14-23(15-28(16-27)41-2)33(39)36(19-26-6-5-13-42-26)20-31(37)35(17-22-9-11-25(34)12-10-22)18-24-21-43-30-8-4-3-7-29(30)32(24)38/h3-4,7-12,14-16,21,26H,5-6,13,17-20H2,1-2H3. The average Bonchev–Trinajstić information content (AvgIpc) is 3.55. The minimum Gasteiger partial charge on any atom is -0.497 e. The summed E-state index contributed by atoms with van der Waals surface area (Å²) in [4.78, 5) is 44.1. The Labute approximate surface area is 248 Å². The summed E-state index contributed by atoms with van der Waals surface area (Å²) < 4.78 is 35.8. The third-order valence-corrected chi connectivity index (χ3v) is 7.41. The molecule has 2 heterocycles. The van der Waals surface area contributed by atoms with Crippen molar-refractivity contribution in [1.82, 2.24) is 9.80 Å². The number of hydrogen-bond donors (Lipinski definition) is 0. The number of carbonyl (C=O) groups is 2. The van der Waals surface area contributed by atoms with E-state index in [1.165, 1.54) is 42.4 Å². The summed E-state index contributed by atoms with van der Waals surface area (Å²) in [5.41, 5.74) is 1.42. The third-order valence-electron chi connectivity index (χ3n) is 7.41. The highest BCUT2D eigenvalue weighted by atomic mass is 19.1. The maximum atomic E-state index is 14.0. The second-order valence-corrected chi connectivity index (χ2v) is 10.4. The molecule has 224 valence electrons. The summed E-state index contributed by atoms with van der Waals surface area (Å²) in [5, 5.41) is 0.399. The molecule has 3 aromatic carbocycles. The molecule has 0 saturated carbocycles. The van der Waals surface area contributed by atoms with Gasteiger partial charge in [0.25, 0.3) is 5.91 Å². The number of hydrogen-bond acceptors (Lipinski definition) is 7. The Morgan fingerprint density at radius 1 is 0.953 bits per heavy atom. The van der Waals surface area contributed by atoms with Crippen LogP contribution in [0.4, 0.5) is 4.39 Å². The lowest BCUT2D eigenvalue weighted by Gasteiger charge is -2.29. The predicted octanol–water partition coefficient (Wildman–Crippen LogP) is 4.80. The predicted molar refractivity (Wildman–Crippen MR) is 158 cm³/mol. The van der Waals surface area contributed by atoms with Crippen molar-refractivity contribution in [2.24, 2.45) is 0 Å². The van der Waals surface area contributed by atoms with Crippen molar-refractivity contribution >= 4 is 22.8 Å². The smallest absolute Gasteiger partial charge is 0.254 e. The molecule has 5 rings (SSSR count). The van der Waals surface area contributed by atoms with Crippen LogP contribution in [0, 0.1) is 5.82 Å². The first-order valence-electron chi connectivity index (χ1n) is 14.0. The lowest BCUT2D eigenvalue weighted by atomic mass is 10.1. The van der Waals surface area contributed by atoms with Gasteiger partial charge in [-0.2, -0.15) is 0 Å². The van der Waals surface area contributed by atoms with Gasteiger partial charge in [-0.25, -0.2) is 4.39 Å². The Morgan fingerprint density at radius 3 is 2.35 bits per heavy atom. The summed E-state index contributed by atoms with van der Waals surface area (Å²) in [6, 6.07) is 17.5. The second kappa shape index (κ2) is 13.5. The molecule has 1 aliphatic heterocycles. The van der Waals surface area contributed by atoms with Crippen LogP contribution in [0.5, 0.6) is 11.5 Å². The molecule has 1 aromatic heterocycles. The average molecular weight is 589 g/mol. The SMILES string of the molecule is COc1cc(OC)cc(C(=O)N(CC(=O)N(Cc2ccc(F)cc2)Cc2coc3ccccc3c2=O)CC2CCCO2)c1. The van der Waals surface area contributed by atoms with Gasteiger partial charge < -0.3 is 28.4 Å². The van der Waals surface area contributed by atoms with E-state index in [0.717, 1.165) is 12.8 Å². The van der Waals surface area contributed by atoms with Gasteiger partial charge in [0.2, 0.25) is 5.91 Å². The topological polar surface area (TPSA) is 98.5 Å². The molecule has 9 nitrogen and oxygen atoms in total. The Bertz CT molecular complexity index is 1630. The van der Waals surface area contributed by atoms with Crippen LogP contribution >= 0.6 is 0 Å². The summed E-state index contributed by atoms with van der Waals surface area (Å²) in [6.45, 7) is 0.519. The molecule has 0 spiro atoms. The molecule has 0 aliphatic carbocycles. The van der Waals surface area contributed by atoms with Gasteiger partial charge in [-0.15, -0.1) is 0 Å². The van der Waals surface area contributed by atoms with Crippen molar-refractivity contribution < 1.29 is 32.6 Å². The number of para-hydroxylation sites is 1. The molecule has 0 N–H and O–H groups in total. The molecule has 2 amide bonds. The van der Waals surface area contributed by atoms with Gasteiger partial charge in [0.15, 0.2) is 5.43 Å². The van der Waals surface area contributed by atoms with Gasteiger partial charge in [0.1, 0.15) is 29.4 Å². The number of carbonyl (C=O) groups excluding carboxylic acids is 2. The van der Waals surface area contributed by atoms with E-state index in [1.54, 1.807) is 54.6 Å². The van der Waals surface area contributed by atoms with Crippen LogP contribution in [0.1, 0.15) is 34.3 Å². The number of ether oxygens (including phenoxy) is 3. The largest absolute Gasteiger partial charge is 0.497 e. The molecule has 0 bridgehead atoms. The molecule has 10 heteroatoms. The zero-order valence-electron chi connectivity index (χ0n) is 24.1. The van der Waals surface area contributed by atoms with Gasteiger partial charge in [-0.3, -0.25) is 14.4 Å². The van der Waals surface area contributed by atoms with Crippen molar-refractivity contribution in [3.05, 3.63) is 106 Å². The zero-order valence-corrected chi connectivity index (χ0v) is 24.1. The third kappa shape index (κ3) is 7.21. The molecule has 4 aromatic rings. The summed E-state index contributed by atoms with van der Waals surface area (Å²) in [5.74, 6) is -0.330. The normalized spacial score (nSPS) is 14.4. The van der Waals surface area contributed by atoms with Crippen LogP contribution in [0.2, 0.25) is 0 Å². The Kier molecular flexibility index (Phi) is 9.36. The molecule has 1 fully saturated rings. The van der Waals surface area contributed by atoms with E-state index in [1.807, 2.05) is 0 Å². The number of amides is 2. The molecule has 1 aliphatic rings. The fourth-order valence-corrected chi connectivity index (χ4v) is 5.11. The van der Waals surface area contributed by atoms with E-state index >= 15 is 0 Å². The maximum absolute atomic E-state index is 14.0. The zero-order chi connectivity index (χ0) is 30.3. The Morgan fingerprint density at radius 2 is 1.67 bits per heavy atom. The molecule has 43 heavy (non-hydrogen) atoms. The van der Waals surface area contributed by atoms with Crippen molar-refractivity contribution in [1.29, 1.82) is 0 Å². The number of methoxy groups -OCH3 is 2. The number of nitrogens with zero attached hydrogens (tertiary/aromatic N) is 2. The second-order valence-electron chi connectivity index (χ2n) is 10.4. The number of rotatable bonds is 11. The van der Waals surface area contributed by atoms with E-state index < -0.39 is 17.6 Å². The van der Waals surface area contributed by atoms with Crippen LogP contribution in [0.3, 0.4) is 0 Å². The van der Waals surface area contributed by atoms with E-state index in [9.17, 15) is 18.8 Å². The molecular formula is C33H33FN2O7. The van der Waals surface area contributed by atoms with Crippen molar-refractivity contribution in [3.8, 4) is 11.5 Å². The maximum Gasteiger partial charge on any atom is 0.254 e. The van der Waals surface area contributed by atoms with Crippen molar-refractivity contribution in [2.75, 3.05) is 33.9 Å². The van der Waals surface area contributed by atoms with Crippen molar-refractivity contribution in [2.45, 2.75) is 32.0 Å². The summed E-state index contributed by atoms with van der Waals surface area (Å²) in [6.07, 6.45) is 2.76. The summed E-state index contributed by atoms with van der Waals surface area (Å²) in [7, 11) is 2.99. The highest BCUT2D eigenvalue weighted by molar-refractivity contribution is 5.97. The van der Waals surface area contributed by atoms with E-state index in [-0.39, 0.29) is 43.3 Å². The van der Waals surface area contributed by atoms with Gasteiger partial charge >= 0.3 is 0 Å². The molecule has 0 radical (unpaired) electrons. The van der Waals surface area contributed by atoms with Gasteiger partial charge in [0.05, 0.1) is 44.1 Å². The minimum absolute atomic E-state index is 0.0711. The van der Waals surface area contributed by atoms with Gasteiger partial charge in [0, 0.05) is 31.3 Å². The minimum atomic E-state index is -0.405. The number of benzene rings is 3. The highest BCUT2D eigenvalue weighted by Gasteiger charge is 2.28. The first-order chi connectivity index (χ1) is 20.8. The van der Waals surface area contributed by atoms with Crippen LogP contribution in [0.15, 0.2) is 82.2 Å². The molecule has 1 saturated heterocycles. The van der Waals surface area contributed by atoms with Crippen LogP contribution < -0.4 is 14.9 Å². The van der Waals surface area contributed by atoms with E-state index in [0.29, 0.717) is 40.2 Å². The molecule has 1 atom stereocenters. The first kappa shape index (κ1) is 29.8.